The maximum absolute atomic E-state index is 12.1. The summed E-state index contributed by atoms with van der Waals surface area (Å²) in [7, 11) is 0. The van der Waals surface area contributed by atoms with Crippen LogP contribution in [-0.4, -0.2) is 21.0 Å². The van der Waals surface area contributed by atoms with Crippen LogP contribution in [-0.2, 0) is 0 Å². The molecule has 1 aromatic carbocycles. The molecule has 2 heterocycles. The van der Waals surface area contributed by atoms with Gasteiger partial charge in [0.15, 0.2) is 0 Å². The highest BCUT2D eigenvalue weighted by Crippen LogP contribution is 2.26. The molecule has 7 heteroatoms. The lowest BCUT2D eigenvalue weighted by molar-refractivity contribution is 0.0932. The summed E-state index contributed by atoms with van der Waals surface area (Å²) >= 11 is 6.11. The van der Waals surface area contributed by atoms with Crippen molar-refractivity contribution in [2.45, 2.75) is 13.0 Å². The topological polar surface area (TPSA) is 80.9 Å². The lowest BCUT2D eigenvalue weighted by atomic mass is 10.2. The van der Waals surface area contributed by atoms with Crippen molar-refractivity contribution < 1.29 is 9.32 Å². The van der Waals surface area contributed by atoms with E-state index in [0.29, 0.717) is 27.9 Å². The van der Waals surface area contributed by atoms with Crippen molar-refractivity contribution in [1.82, 2.24) is 20.4 Å². The fraction of sp³-hybridized carbons (Fsp3) is 0.125. The number of aromatic nitrogens is 3. The fourth-order valence-corrected chi connectivity index (χ4v) is 2.22. The van der Waals surface area contributed by atoms with Crippen LogP contribution in [0.25, 0.3) is 11.4 Å². The summed E-state index contributed by atoms with van der Waals surface area (Å²) in [5, 5.41) is 7.23. The van der Waals surface area contributed by atoms with Crippen LogP contribution in [0.2, 0.25) is 5.02 Å². The molecule has 0 saturated heterocycles. The summed E-state index contributed by atoms with van der Waals surface area (Å²) in [5.41, 5.74) is 1.14. The van der Waals surface area contributed by atoms with Gasteiger partial charge in [0.1, 0.15) is 6.04 Å². The second-order valence-corrected chi connectivity index (χ2v) is 5.28. The Kier molecular flexibility index (Phi) is 4.34. The standard InChI is InChI=1S/C16H13ClN4O2/c1-10(19-15(22)11-5-4-8-18-9-11)16-20-14(21-23-16)12-6-2-3-7-13(12)17/h2-10H,1H3,(H,19,22)/t10-/m1/s1. The van der Waals surface area contributed by atoms with Crippen molar-refractivity contribution in [3.63, 3.8) is 0 Å². The van der Waals surface area contributed by atoms with Crippen LogP contribution in [0.3, 0.4) is 0 Å². The number of carbonyl (C=O) groups excluding carboxylic acids is 1. The van der Waals surface area contributed by atoms with Gasteiger partial charge < -0.3 is 9.84 Å². The molecule has 0 spiro atoms. The average molecular weight is 329 g/mol. The number of benzene rings is 1. The zero-order chi connectivity index (χ0) is 16.2. The maximum atomic E-state index is 12.1. The molecule has 2 aromatic heterocycles. The number of nitrogens with zero attached hydrogens (tertiary/aromatic N) is 3. The van der Waals surface area contributed by atoms with E-state index in [1.165, 1.54) is 6.20 Å². The monoisotopic (exact) mass is 328 g/mol. The number of rotatable bonds is 4. The third kappa shape index (κ3) is 3.37. The summed E-state index contributed by atoms with van der Waals surface area (Å²) in [6.45, 7) is 1.76. The van der Waals surface area contributed by atoms with Gasteiger partial charge in [-0.2, -0.15) is 4.98 Å². The van der Waals surface area contributed by atoms with Crippen molar-refractivity contribution in [2.24, 2.45) is 0 Å². The number of halogens is 1. The van der Waals surface area contributed by atoms with Gasteiger partial charge in [-0.3, -0.25) is 9.78 Å². The molecule has 0 aliphatic carbocycles. The first-order valence-corrected chi connectivity index (χ1v) is 7.32. The van der Waals surface area contributed by atoms with E-state index in [4.69, 9.17) is 16.1 Å². The van der Waals surface area contributed by atoms with Crippen LogP contribution in [0.1, 0.15) is 29.2 Å². The van der Waals surface area contributed by atoms with Crippen molar-refractivity contribution >= 4 is 17.5 Å². The van der Waals surface area contributed by atoms with Crippen LogP contribution < -0.4 is 5.32 Å². The Hall–Kier alpha value is -2.73. The number of nitrogens with one attached hydrogen (secondary N) is 1. The SMILES string of the molecule is C[C@@H](NC(=O)c1cccnc1)c1nc(-c2ccccc2Cl)no1. The Bertz CT molecular complexity index is 820. The minimum Gasteiger partial charge on any atom is -0.340 e. The highest BCUT2D eigenvalue weighted by atomic mass is 35.5. The summed E-state index contributed by atoms with van der Waals surface area (Å²) in [5.74, 6) is 0.424. The van der Waals surface area contributed by atoms with E-state index >= 15 is 0 Å². The molecule has 0 fully saturated rings. The van der Waals surface area contributed by atoms with Gasteiger partial charge >= 0.3 is 0 Å². The molecule has 3 aromatic rings. The predicted molar refractivity (Wildman–Crippen MR) is 84.9 cm³/mol. The van der Waals surface area contributed by atoms with E-state index in [9.17, 15) is 4.79 Å². The molecule has 116 valence electrons. The zero-order valence-electron chi connectivity index (χ0n) is 12.2. The summed E-state index contributed by atoms with van der Waals surface area (Å²) in [4.78, 5) is 20.3. The molecule has 0 bridgehead atoms. The Morgan fingerprint density at radius 2 is 2.09 bits per heavy atom. The smallest absolute Gasteiger partial charge is 0.253 e. The zero-order valence-corrected chi connectivity index (χ0v) is 13.0. The molecule has 0 saturated carbocycles. The van der Waals surface area contributed by atoms with Gasteiger partial charge in [-0.25, -0.2) is 0 Å². The normalized spacial score (nSPS) is 11.9. The second kappa shape index (κ2) is 6.58. The van der Waals surface area contributed by atoms with Crippen LogP contribution in [0, 0.1) is 0 Å². The minimum atomic E-state index is -0.438. The van der Waals surface area contributed by atoms with Gasteiger partial charge in [0.25, 0.3) is 5.91 Å². The summed E-state index contributed by atoms with van der Waals surface area (Å²) < 4.78 is 5.22. The third-order valence-electron chi connectivity index (χ3n) is 3.20. The Morgan fingerprint density at radius 3 is 2.83 bits per heavy atom. The van der Waals surface area contributed by atoms with Gasteiger partial charge in [0, 0.05) is 18.0 Å². The van der Waals surface area contributed by atoms with E-state index < -0.39 is 6.04 Å². The van der Waals surface area contributed by atoms with Crippen LogP contribution >= 0.6 is 11.6 Å². The largest absolute Gasteiger partial charge is 0.340 e. The molecule has 1 N–H and O–H groups in total. The average Bonchev–Trinajstić information content (AvgIpc) is 3.06. The lowest BCUT2D eigenvalue weighted by Gasteiger charge is -2.09. The van der Waals surface area contributed by atoms with Crippen LogP contribution in [0.4, 0.5) is 0 Å². The molecule has 6 nitrogen and oxygen atoms in total. The Labute approximate surface area is 137 Å². The maximum Gasteiger partial charge on any atom is 0.253 e. The van der Waals surface area contributed by atoms with Crippen molar-refractivity contribution in [1.29, 1.82) is 0 Å². The summed E-state index contributed by atoms with van der Waals surface area (Å²) in [6, 6.07) is 10.1. The molecule has 3 rings (SSSR count). The van der Waals surface area contributed by atoms with Gasteiger partial charge in [-0.15, -0.1) is 0 Å². The Balaban J connectivity index is 1.75. The molecular formula is C16H13ClN4O2. The number of hydrogen-bond acceptors (Lipinski definition) is 5. The number of pyridine rings is 1. The molecule has 0 aliphatic rings. The number of hydrogen-bond donors (Lipinski definition) is 1. The molecule has 0 aliphatic heterocycles. The van der Waals surface area contributed by atoms with E-state index in [-0.39, 0.29) is 5.91 Å². The van der Waals surface area contributed by atoms with E-state index in [1.54, 1.807) is 37.4 Å². The van der Waals surface area contributed by atoms with Gasteiger partial charge in [0.05, 0.1) is 10.6 Å². The van der Waals surface area contributed by atoms with Gasteiger partial charge in [0.2, 0.25) is 11.7 Å². The molecule has 1 amide bonds. The van der Waals surface area contributed by atoms with E-state index in [0.717, 1.165) is 0 Å². The van der Waals surface area contributed by atoms with Gasteiger partial charge in [-0.05, 0) is 31.2 Å². The molecule has 0 unspecified atom stereocenters. The highest BCUT2D eigenvalue weighted by molar-refractivity contribution is 6.33. The predicted octanol–water partition coefficient (Wildman–Crippen LogP) is 3.28. The lowest BCUT2D eigenvalue weighted by Crippen LogP contribution is -2.26. The first-order valence-electron chi connectivity index (χ1n) is 6.94. The van der Waals surface area contributed by atoms with Crippen molar-refractivity contribution in [2.75, 3.05) is 0 Å². The highest BCUT2D eigenvalue weighted by Gasteiger charge is 2.19. The first kappa shape index (κ1) is 15.2. The van der Waals surface area contributed by atoms with Crippen LogP contribution in [0.5, 0.6) is 0 Å². The van der Waals surface area contributed by atoms with Crippen molar-refractivity contribution in [3.8, 4) is 11.4 Å². The van der Waals surface area contributed by atoms with E-state index in [1.807, 2.05) is 12.1 Å². The quantitative estimate of drug-likeness (QED) is 0.795. The minimum absolute atomic E-state index is 0.261. The van der Waals surface area contributed by atoms with Gasteiger partial charge in [-0.1, -0.05) is 28.9 Å². The summed E-state index contributed by atoms with van der Waals surface area (Å²) in [6.07, 6.45) is 3.10. The second-order valence-electron chi connectivity index (χ2n) is 4.87. The number of carbonyl (C=O) groups is 1. The first-order chi connectivity index (χ1) is 11.1. The molecule has 23 heavy (non-hydrogen) atoms. The number of amides is 1. The van der Waals surface area contributed by atoms with E-state index in [2.05, 4.69) is 20.4 Å². The van der Waals surface area contributed by atoms with Crippen LogP contribution in [0.15, 0.2) is 53.3 Å². The Morgan fingerprint density at radius 1 is 1.26 bits per heavy atom. The van der Waals surface area contributed by atoms with Crippen molar-refractivity contribution in [3.05, 3.63) is 65.3 Å². The molecular weight excluding hydrogens is 316 g/mol. The fourth-order valence-electron chi connectivity index (χ4n) is 2.00. The molecule has 1 atom stereocenters. The third-order valence-corrected chi connectivity index (χ3v) is 3.53. The molecule has 0 radical (unpaired) electrons.